The summed E-state index contributed by atoms with van der Waals surface area (Å²) in [7, 11) is 1.63. The third-order valence-electron chi connectivity index (χ3n) is 5.29. The SMILES string of the molecule is COc1ccc(C2Nn3c(nnc3-c3ccccc3)SC2C(=O)Nc2cccc(Cl)c2)cc1. The Morgan fingerprint density at radius 3 is 2.58 bits per heavy atom. The average Bonchev–Trinajstić information content (AvgIpc) is 3.27. The van der Waals surface area contributed by atoms with Crippen LogP contribution in [-0.2, 0) is 4.79 Å². The van der Waals surface area contributed by atoms with Crippen LogP contribution >= 0.6 is 23.4 Å². The highest BCUT2D eigenvalue weighted by molar-refractivity contribution is 8.00. The molecule has 1 aromatic heterocycles. The number of aromatic nitrogens is 3. The zero-order chi connectivity index (χ0) is 22.8. The normalized spacial score (nSPS) is 17.0. The van der Waals surface area contributed by atoms with Crippen molar-refractivity contribution >= 4 is 35.0 Å². The number of hydrogen-bond acceptors (Lipinski definition) is 6. The number of halogens is 1. The number of thioether (sulfide) groups is 1. The molecule has 1 aliphatic heterocycles. The van der Waals surface area contributed by atoms with Crippen LogP contribution in [0.4, 0.5) is 5.69 Å². The lowest BCUT2D eigenvalue weighted by Gasteiger charge is -2.33. The Morgan fingerprint density at radius 1 is 1.06 bits per heavy atom. The zero-order valence-corrected chi connectivity index (χ0v) is 19.2. The fourth-order valence-electron chi connectivity index (χ4n) is 3.67. The number of fused-ring (bicyclic) bond motifs is 1. The molecule has 5 rings (SSSR count). The summed E-state index contributed by atoms with van der Waals surface area (Å²) in [5.74, 6) is 1.27. The Morgan fingerprint density at radius 2 is 1.85 bits per heavy atom. The van der Waals surface area contributed by atoms with Gasteiger partial charge in [0.1, 0.15) is 11.0 Å². The van der Waals surface area contributed by atoms with Gasteiger partial charge in [-0.15, -0.1) is 10.2 Å². The second kappa shape index (κ2) is 9.17. The van der Waals surface area contributed by atoms with Gasteiger partial charge in [-0.1, -0.05) is 71.9 Å². The van der Waals surface area contributed by atoms with E-state index < -0.39 is 5.25 Å². The van der Waals surface area contributed by atoms with Crippen LogP contribution in [0.1, 0.15) is 11.6 Å². The van der Waals surface area contributed by atoms with Crippen molar-refractivity contribution in [2.24, 2.45) is 0 Å². The maximum Gasteiger partial charge on any atom is 0.240 e. The van der Waals surface area contributed by atoms with Crippen LogP contribution in [0.3, 0.4) is 0 Å². The van der Waals surface area contributed by atoms with Gasteiger partial charge in [0.2, 0.25) is 11.1 Å². The van der Waals surface area contributed by atoms with Crippen molar-refractivity contribution in [2.75, 3.05) is 17.9 Å². The summed E-state index contributed by atoms with van der Waals surface area (Å²) < 4.78 is 7.14. The maximum atomic E-state index is 13.4. The first-order valence-electron chi connectivity index (χ1n) is 10.3. The molecule has 33 heavy (non-hydrogen) atoms. The van der Waals surface area contributed by atoms with E-state index in [4.69, 9.17) is 16.3 Å². The molecule has 3 aromatic carbocycles. The number of amides is 1. The highest BCUT2D eigenvalue weighted by Gasteiger charge is 2.38. The van der Waals surface area contributed by atoms with E-state index in [-0.39, 0.29) is 11.9 Å². The lowest BCUT2D eigenvalue weighted by atomic mass is 10.0. The van der Waals surface area contributed by atoms with Crippen LogP contribution in [0.5, 0.6) is 5.75 Å². The van der Waals surface area contributed by atoms with Crippen molar-refractivity contribution in [3.63, 3.8) is 0 Å². The van der Waals surface area contributed by atoms with Gasteiger partial charge in [0.05, 0.1) is 13.2 Å². The molecule has 1 amide bonds. The molecule has 1 aliphatic rings. The average molecular weight is 478 g/mol. The minimum absolute atomic E-state index is 0.161. The molecule has 0 spiro atoms. The van der Waals surface area contributed by atoms with Crippen molar-refractivity contribution in [1.29, 1.82) is 0 Å². The molecule has 0 aliphatic carbocycles. The first-order valence-corrected chi connectivity index (χ1v) is 11.5. The van der Waals surface area contributed by atoms with Crippen LogP contribution in [0.15, 0.2) is 84.0 Å². The quantitative estimate of drug-likeness (QED) is 0.421. The van der Waals surface area contributed by atoms with E-state index in [0.29, 0.717) is 21.7 Å². The predicted octanol–water partition coefficient (Wildman–Crippen LogP) is 5.00. The fourth-order valence-corrected chi connectivity index (χ4v) is 4.94. The topological polar surface area (TPSA) is 81.1 Å². The van der Waals surface area contributed by atoms with Crippen LogP contribution in [0.25, 0.3) is 11.4 Å². The van der Waals surface area contributed by atoms with Crippen LogP contribution in [-0.4, -0.2) is 33.1 Å². The molecule has 0 saturated carbocycles. The first kappa shape index (κ1) is 21.4. The van der Waals surface area contributed by atoms with Gasteiger partial charge >= 0.3 is 0 Å². The molecule has 2 atom stereocenters. The predicted molar refractivity (Wildman–Crippen MR) is 130 cm³/mol. The summed E-state index contributed by atoms with van der Waals surface area (Å²) >= 11 is 7.46. The number of nitrogens with one attached hydrogen (secondary N) is 2. The lowest BCUT2D eigenvalue weighted by Crippen LogP contribution is -2.41. The molecule has 2 unspecified atom stereocenters. The molecular formula is C24H20ClN5O2S. The highest BCUT2D eigenvalue weighted by Crippen LogP contribution is 2.39. The van der Waals surface area contributed by atoms with Crippen molar-refractivity contribution in [3.05, 3.63) is 89.4 Å². The zero-order valence-electron chi connectivity index (χ0n) is 17.6. The van der Waals surface area contributed by atoms with E-state index in [2.05, 4.69) is 20.9 Å². The summed E-state index contributed by atoms with van der Waals surface area (Å²) in [6, 6.07) is 24.2. The van der Waals surface area contributed by atoms with Crippen molar-refractivity contribution < 1.29 is 9.53 Å². The van der Waals surface area contributed by atoms with Gasteiger partial charge in [0.15, 0.2) is 5.82 Å². The number of hydrogen-bond donors (Lipinski definition) is 2. The van der Waals surface area contributed by atoms with Crippen LogP contribution < -0.4 is 15.5 Å². The first-order chi connectivity index (χ1) is 16.1. The van der Waals surface area contributed by atoms with Crippen molar-refractivity contribution in [1.82, 2.24) is 14.9 Å². The number of methoxy groups -OCH3 is 1. The highest BCUT2D eigenvalue weighted by atomic mass is 35.5. The van der Waals surface area contributed by atoms with Gasteiger partial charge in [0, 0.05) is 16.3 Å². The van der Waals surface area contributed by atoms with Gasteiger partial charge in [-0.3, -0.25) is 4.79 Å². The third kappa shape index (κ3) is 4.40. The fraction of sp³-hybridized carbons (Fsp3) is 0.125. The summed E-state index contributed by atoms with van der Waals surface area (Å²) in [4.78, 5) is 13.4. The molecule has 9 heteroatoms. The summed E-state index contributed by atoms with van der Waals surface area (Å²) in [6.07, 6.45) is 0. The molecule has 7 nitrogen and oxygen atoms in total. The molecule has 0 fully saturated rings. The second-order valence-corrected chi connectivity index (χ2v) is 8.97. The number of ether oxygens (including phenoxy) is 1. The van der Waals surface area contributed by atoms with Gasteiger partial charge < -0.3 is 15.5 Å². The minimum Gasteiger partial charge on any atom is -0.497 e. The Labute approximate surface area is 200 Å². The van der Waals surface area contributed by atoms with E-state index in [1.807, 2.05) is 65.3 Å². The van der Waals surface area contributed by atoms with Crippen molar-refractivity contribution in [2.45, 2.75) is 16.4 Å². The number of anilines is 1. The summed E-state index contributed by atoms with van der Waals surface area (Å²) in [5, 5.41) is 12.4. The van der Waals surface area contributed by atoms with Crippen LogP contribution in [0, 0.1) is 0 Å². The molecular weight excluding hydrogens is 458 g/mol. The number of carbonyl (C=O) groups excluding carboxylic acids is 1. The molecule has 0 saturated heterocycles. The van der Waals surface area contributed by atoms with E-state index in [9.17, 15) is 4.79 Å². The number of benzene rings is 3. The Balaban J connectivity index is 1.51. The van der Waals surface area contributed by atoms with E-state index in [1.54, 1.807) is 25.3 Å². The van der Waals surface area contributed by atoms with E-state index in [1.165, 1.54) is 11.8 Å². The van der Waals surface area contributed by atoms with E-state index in [0.717, 1.165) is 16.9 Å². The number of nitrogens with zero attached hydrogens (tertiary/aromatic N) is 3. The smallest absolute Gasteiger partial charge is 0.240 e. The number of rotatable bonds is 5. The monoisotopic (exact) mass is 477 g/mol. The molecule has 2 heterocycles. The Kier molecular flexibility index (Phi) is 5.93. The molecule has 4 aromatic rings. The third-order valence-corrected chi connectivity index (χ3v) is 6.74. The lowest BCUT2D eigenvalue weighted by molar-refractivity contribution is -0.116. The Hall–Kier alpha value is -3.49. The largest absolute Gasteiger partial charge is 0.497 e. The van der Waals surface area contributed by atoms with Gasteiger partial charge in [-0.2, -0.15) is 0 Å². The maximum absolute atomic E-state index is 13.4. The van der Waals surface area contributed by atoms with Gasteiger partial charge in [-0.05, 0) is 35.9 Å². The van der Waals surface area contributed by atoms with Gasteiger partial charge in [0.25, 0.3) is 0 Å². The second-order valence-electron chi connectivity index (χ2n) is 7.43. The molecule has 0 radical (unpaired) electrons. The van der Waals surface area contributed by atoms with Gasteiger partial charge in [-0.25, -0.2) is 4.68 Å². The van der Waals surface area contributed by atoms with Crippen molar-refractivity contribution in [3.8, 4) is 17.1 Å². The van der Waals surface area contributed by atoms with Crippen LogP contribution in [0.2, 0.25) is 5.02 Å². The summed E-state index contributed by atoms with van der Waals surface area (Å²) in [5.41, 5.74) is 5.97. The molecule has 2 N–H and O–H groups in total. The standard InChI is InChI=1S/C24H20ClN5O2S/c1-32-19-12-10-15(11-13-19)20-21(23(31)26-18-9-5-8-17(25)14-18)33-24-28-27-22(30(24)29-20)16-6-3-2-4-7-16/h2-14,20-21,29H,1H3,(H,26,31). The number of carbonyl (C=O) groups is 1. The Bertz CT molecular complexity index is 1280. The molecule has 166 valence electrons. The molecule has 0 bridgehead atoms. The summed E-state index contributed by atoms with van der Waals surface area (Å²) in [6.45, 7) is 0. The minimum atomic E-state index is -0.502. The van der Waals surface area contributed by atoms with E-state index >= 15 is 0 Å².